The quantitative estimate of drug-likeness (QED) is 0.656. The number of benzene rings is 2. The molecule has 2 amide bonds. The summed E-state index contributed by atoms with van der Waals surface area (Å²) in [6.45, 7) is 1.17. The molecule has 0 spiro atoms. The zero-order valence-electron chi connectivity index (χ0n) is 18.9. The van der Waals surface area contributed by atoms with E-state index < -0.39 is 42.1 Å². The van der Waals surface area contributed by atoms with Gasteiger partial charge in [-0.2, -0.15) is 13.2 Å². The van der Waals surface area contributed by atoms with Crippen LogP contribution in [0.4, 0.5) is 18.0 Å². The van der Waals surface area contributed by atoms with Crippen LogP contribution >= 0.6 is 0 Å². The number of rotatable bonds is 5. The van der Waals surface area contributed by atoms with Crippen LogP contribution < -0.4 is 5.32 Å². The van der Waals surface area contributed by atoms with Gasteiger partial charge in [0.1, 0.15) is 6.61 Å². The number of carboxylic acid groups (broad SMARTS) is 1. The number of alkyl halides is 3. The Bertz CT molecular complexity index is 1090. The zero-order chi connectivity index (χ0) is 25.3. The normalized spacial score (nSPS) is 20.5. The minimum atomic E-state index is -5.08. The van der Waals surface area contributed by atoms with E-state index in [1.807, 2.05) is 48.5 Å². The first-order valence-electron chi connectivity index (χ1n) is 11.3. The van der Waals surface area contributed by atoms with E-state index in [9.17, 15) is 32.7 Å². The Morgan fingerprint density at radius 2 is 1.66 bits per heavy atom. The molecule has 0 aromatic heterocycles. The fourth-order valence-corrected chi connectivity index (χ4v) is 4.99. The topological polar surface area (TPSA) is 95.9 Å². The largest absolute Gasteiger partial charge is 0.481 e. The Hall–Kier alpha value is -3.56. The monoisotopic (exact) mass is 490 g/mol. The van der Waals surface area contributed by atoms with E-state index in [0.717, 1.165) is 27.2 Å². The maximum absolute atomic E-state index is 13.8. The van der Waals surface area contributed by atoms with Crippen molar-refractivity contribution in [3.8, 4) is 11.1 Å². The molecule has 1 aliphatic heterocycles. The highest BCUT2D eigenvalue weighted by molar-refractivity contribution is 5.87. The highest BCUT2D eigenvalue weighted by Crippen LogP contribution is 2.44. The summed E-state index contributed by atoms with van der Waals surface area (Å²) in [7, 11) is 0. The molecule has 7 nitrogen and oxygen atoms in total. The predicted molar refractivity (Wildman–Crippen MR) is 120 cm³/mol. The Morgan fingerprint density at radius 3 is 2.20 bits per heavy atom. The van der Waals surface area contributed by atoms with Gasteiger partial charge in [0.25, 0.3) is 5.91 Å². The van der Waals surface area contributed by atoms with Gasteiger partial charge in [0, 0.05) is 18.5 Å². The molecule has 0 saturated carbocycles. The number of amides is 2. The van der Waals surface area contributed by atoms with Crippen molar-refractivity contribution in [1.29, 1.82) is 0 Å². The van der Waals surface area contributed by atoms with Gasteiger partial charge < -0.3 is 20.1 Å². The van der Waals surface area contributed by atoms with Crippen LogP contribution in [0.2, 0.25) is 0 Å². The van der Waals surface area contributed by atoms with Crippen molar-refractivity contribution in [2.45, 2.75) is 43.9 Å². The van der Waals surface area contributed by atoms with Crippen molar-refractivity contribution in [2.75, 3.05) is 13.2 Å². The van der Waals surface area contributed by atoms with Crippen LogP contribution in [0.15, 0.2) is 48.5 Å². The lowest BCUT2D eigenvalue weighted by Gasteiger charge is -2.39. The van der Waals surface area contributed by atoms with Crippen molar-refractivity contribution in [2.24, 2.45) is 5.92 Å². The third-order valence-electron chi connectivity index (χ3n) is 6.77. The number of nitrogens with one attached hydrogen (secondary N) is 1. The van der Waals surface area contributed by atoms with Crippen molar-refractivity contribution >= 4 is 18.0 Å². The molecule has 2 N–H and O–H groups in total. The second-order valence-corrected chi connectivity index (χ2v) is 8.80. The number of carbonyl (C=O) groups is 3. The lowest BCUT2D eigenvalue weighted by atomic mass is 9.90. The van der Waals surface area contributed by atoms with Crippen molar-refractivity contribution in [1.82, 2.24) is 10.2 Å². The van der Waals surface area contributed by atoms with E-state index in [-0.39, 0.29) is 31.9 Å². The number of fused-ring (bicyclic) bond motifs is 3. The minimum Gasteiger partial charge on any atom is -0.481 e. The molecule has 186 valence electrons. The standard InChI is InChI=1S/C25H25F3N2O5/c1-14-15(23(32)33)11-6-12-30(14)22(31)21(25(26,27)28)29-24(34)35-13-20-18-9-4-2-7-16(18)17-8-3-5-10-19(17)20/h2-5,7-10,14-15,20-21H,6,11-13H2,1H3,(H,29,34)(H,32,33)/t14-,15-,21?/m0/s1. The molecule has 10 heteroatoms. The third-order valence-corrected chi connectivity index (χ3v) is 6.77. The number of likely N-dealkylation sites (tertiary alicyclic amines) is 1. The highest BCUT2D eigenvalue weighted by atomic mass is 19.4. The summed E-state index contributed by atoms with van der Waals surface area (Å²) in [6, 6.07) is 11.2. The van der Waals surface area contributed by atoms with Crippen LogP contribution in [-0.4, -0.2) is 59.4 Å². The molecule has 2 aromatic carbocycles. The summed E-state index contributed by atoms with van der Waals surface area (Å²) < 4.78 is 46.5. The second kappa shape index (κ2) is 9.59. The lowest BCUT2D eigenvalue weighted by molar-refractivity contribution is -0.178. The summed E-state index contributed by atoms with van der Waals surface area (Å²) in [4.78, 5) is 37.5. The van der Waals surface area contributed by atoms with Crippen LogP contribution in [-0.2, 0) is 14.3 Å². The number of aliphatic carboxylic acids is 1. The first-order chi connectivity index (χ1) is 16.6. The Labute approximate surface area is 199 Å². The van der Waals surface area contributed by atoms with Gasteiger partial charge in [-0.05, 0) is 42.0 Å². The number of carboxylic acids is 1. The number of halogens is 3. The molecule has 2 aromatic rings. The smallest absolute Gasteiger partial charge is 0.417 e. The Kier molecular flexibility index (Phi) is 6.73. The van der Waals surface area contributed by atoms with E-state index in [1.165, 1.54) is 6.92 Å². The van der Waals surface area contributed by atoms with Gasteiger partial charge in [0.05, 0.1) is 5.92 Å². The maximum atomic E-state index is 13.8. The molecule has 35 heavy (non-hydrogen) atoms. The minimum absolute atomic E-state index is 0.0251. The fraction of sp³-hybridized carbons (Fsp3) is 0.400. The average molecular weight is 490 g/mol. The maximum Gasteiger partial charge on any atom is 0.417 e. The number of carbonyl (C=O) groups excluding carboxylic acids is 2. The fourth-order valence-electron chi connectivity index (χ4n) is 4.99. The summed E-state index contributed by atoms with van der Waals surface area (Å²) in [5.41, 5.74) is 3.72. The van der Waals surface area contributed by atoms with Gasteiger partial charge >= 0.3 is 18.2 Å². The predicted octanol–water partition coefficient (Wildman–Crippen LogP) is 4.17. The number of hydrogen-bond donors (Lipinski definition) is 2. The summed E-state index contributed by atoms with van der Waals surface area (Å²) in [5.74, 6) is -3.91. The summed E-state index contributed by atoms with van der Waals surface area (Å²) in [6.07, 6.45) is -5.94. The van der Waals surface area contributed by atoms with Gasteiger partial charge in [0.15, 0.2) is 0 Å². The average Bonchev–Trinajstić information content (AvgIpc) is 3.14. The van der Waals surface area contributed by atoms with Gasteiger partial charge in [-0.15, -0.1) is 0 Å². The van der Waals surface area contributed by atoms with Crippen LogP contribution in [0.5, 0.6) is 0 Å². The number of ether oxygens (including phenoxy) is 1. The number of piperidine rings is 1. The van der Waals surface area contributed by atoms with Crippen LogP contribution in [0, 0.1) is 5.92 Å². The van der Waals surface area contributed by atoms with Gasteiger partial charge in [-0.1, -0.05) is 48.5 Å². The molecular weight excluding hydrogens is 465 g/mol. The van der Waals surface area contributed by atoms with E-state index >= 15 is 0 Å². The summed E-state index contributed by atoms with van der Waals surface area (Å²) in [5, 5.41) is 11.0. The van der Waals surface area contributed by atoms with E-state index in [2.05, 4.69) is 0 Å². The third kappa shape index (κ3) is 4.82. The van der Waals surface area contributed by atoms with Gasteiger partial charge in [-0.25, -0.2) is 4.79 Å². The summed E-state index contributed by atoms with van der Waals surface area (Å²) >= 11 is 0. The molecule has 2 aliphatic rings. The molecule has 0 bridgehead atoms. The molecule has 0 radical (unpaired) electrons. The van der Waals surface area contributed by atoms with Crippen LogP contribution in [0.25, 0.3) is 11.1 Å². The molecule has 1 aliphatic carbocycles. The SMILES string of the molecule is C[C@H]1[C@@H](C(=O)O)CCCN1C(=O)C(NC(=O)OCC1c2ccccc2-c2ccccc21)C(F)(F)F. The first-order valence-corrected chi connectivity index (χ1v) is 11.3. The van der Waals surface area contributed by atoms with E-state index in [1.54, 1.807) is 5.32 Å². The van der Waals surface area contributed by atoms with Crippen molar-refractivity contribution < 1.29 is 37.4 Å². The van der Waals surface area contributed by atoms with Crippen molar-refractivity contribution in [3.05, 3.63) is 59.7 Å². The highest BCUT2D eigenvalue weighted by Gasteiger charge is 2.50. The number of alkyl carbamates (subject to hydrolysis) is 1. The van der Waals surface area contributed by atoms with Crippen LogP contribution in [0.3, 0.4) is 0 Å². The zero-order valence-corrected chi connectivity index (χ0v) is 18.9. The molecule has 1 saturated heterocycles. The van der Waals surface area contributed by atoms with E-state index in [0.29, 0.717) is 0 Å². The van der Waals surface area contributed by atoms with Gasteiger partial charge in [-0.3, -0.25) is 9.59 Å². The molecule has 4 rings (SSSR count). The van der Waals surface area contributed by atoms with Crippen LogP contribution in [0.1, 0.15) is 36.8 Å². The van der Waals surface area contributed by atoms with Crippen molar-refractivity contribution in [3.63, 3.8) is 0 Å². The first kappa shape index (κ1) is 24.6. The molecule has 3 atom stereocenters. The lowest BCUT2D eigenvalue weighted by Crippen LogP contribution is -2.60. The number of nitrogens with zero attached hydrogens (tertiary/aromatic N) is 1. The second-order valence-electron chi connectivity index (χ2n) is 8.80. The Morgan fingerprint density at radius 1 is 1.09 bits per heavy atom. The molecular formula is C25H25F3N2O5. The number of hydrogen-bond acceptors (Lipinski definition) is 4. The molecule has 1 heterocycles. The molecule has 1 fully saturated rings. The Balaban J connectivity index is 1.47. The molecule has 1 unspecified atom stereocenters. The van der Waals surface area contributed by atoms with E-state index in [4.69, 9.17) is 4.74 Å². The van der Waals surface area contributed by atoms with Gasteiger partial charge in [0.2, 0.25) is 6.04 Å².